The molecule has 0 saturated carbocycles. The molecule has 0 aliphatic heterocycles. The summed E-state index contributed by atoms with van der Waals surface area (Å²) in [6.07, 6.45) is 6.99. The number of aliphatic hydroxyl groups is 1. The fraction of sp³-hybridized carbons (Fsp3) is 0.258. The van der Waals surface area contributed by atoms with E-state index in [1.165, 1.54) is 0 Å². The van der Waals surface area contributed by atoms with Gasteiger partial charge in [-0.05, 0) is 66.3 Å². The molecule has 4 aromatic rings. The Labute approximate surface area is 221 Å². The average Bonchev–Trinajstić information content (AvgIpc) is 3.37. The van der Waals surface area contributed by atoms with Crippen LogP contribution in [0.25, 0.3) is 33.0 Å². The molecule has 0 radical (unpaired) electrons. The topological polar surface area (TPSA) is 85.3 Å². The second-order valence-corrected chi connectivity index (χ2v) is 10.3. The van der Waals surface area contributed by atoms with Crippen molar-refractivity contribution < 1.29 is 9.90 Å². The maximum Gasteiger partial charge on any atom is 0.226 e. The molecule has 2 aliphatic rings. The number of hydrogen-bond acceptors (Lipinski definition) is 5. The van der Waals surface area contributed by atoms with Crippen LogP contribution in [-0.2, 0) is 23.2 Å². The Morgan fingerprint density at radius 1 is 1.11 bits per heavy atom. The highest BCUT2D eigenvalue weighted by molar-refractivity contribution is 6.00. The number of rotatable bonds is 4. The number of carbonyl (C=O) groups excluding carboxylic acids is 1. The molecule has 0 amide bonds. The van der Waals surface area contributed by atoms with Gasteiger partial charge >= 0.3 is 0 Å². The van der Waals surface area contributed by atoms with Crippen LogP contribution in [0, 0.1) is 18.4 Å². The lowest BCUT2D eigenvalue weighted by Gasteiger charge is -2.45. The Hall–Kier alpha value is -4.41. The zero-order chi connectivity index (χ0) is 26.4. The van der Waals surface area contributed by atoms with Crippen LogP contribution in [0.1, 0.15) is 37.2 Å². The fourth-order valence-electron chi connectivity index (χ4n) is 6.25. The maximum atomic E-state index is 12.9. The lowest BCUT2D eigenvalue weighted by Crippen LogP contribution is -2.46. The summed E-state index contributed by atoms with van der Waals surface area (Å²) in [5.74, 6) is -0.224. The highest BCUT2D eigenvalue weighted by Gasteiger charge is 2.50. The predicted octanol–water partition coefficient (Wildman–Crippen LogP) is 5.33. The Balaban J connectivity index is 1.54. The van der Waals surface area contributed by atoms with Crippen LogP contribution < -0.4 is 0 Å². The molecule has 2 aliphatic carbocycles. The summed E-state index contributed by atoms with van der Waals surface area (Å²) < 4.78 is 1.99. The number of fused-ring (bicyclic) bond motifs is 3. The summed E-state index contributed by atoms with van der Waals surface area (Å²) in [4.78, 5) is 25.3. The van der Waals surface area contributed by atoms with Gasteiger partial charge in [-0.3, -0.25) is 9.97 Å². The van der Waals surface area contributed by atoms with E-state index in [1.54, 1.807) is 12.4 Å². The van der Waals surface area contributed by atoms with E-state index in [-0.39, 0.29) is 29.9 Å². The molecule has 7 heteroatoms. The lowest BCUT2D eigenvalue weighted by molar-refractivity contribution is -0.121. The molecule has 6 rings (SSSR count). The van der Waals surface area contributed by atoms with Crippen LogP contribution in [-0.4, -0.2) is 30.6 Å². The summed E-state index contributed by atoms with van der Waals surface area (Å²) in [7, 11) is 0. The van der Waals surface area contributed by atoms with Crippen molar-refractivity contribution in [2.24, 2.45) is 11.8 Å². The lowest BCUT2D eigenvalue weighted by atomic mass is 9.58. The minimum absolute atomic E-state index is 0.0640. The van der Waals surface area contributed by atoms with Crippen LogP contribution in [0.2, 0.25) is 0 Å². The maximum absolute atomic E-state index is 12.9. The minimum Gasteiger partial charge on any atom is -0.390 e. The van der Waals surface area contributed by atoms with Crippen molar-refractivity contribution in [3.8, 4) is 28.2 Å². The van der Waals surface area contributed by atoms with Crippen molar-refractivity contribution in [3.05, 3.63) is 107 Å². The number of aromatic nitrogens is 4. The molecule has 188 valence electrons. The molecule has 38 heavy (non-hydrogen) atoms. The number of nitrogens with zero attached hydrogens (tertiary/aromatic N) is 5. The van der Waals surface area contributed by atoms with Gasteiger partial charge in [-0.15, -0.1) is 0 Å². The number of benzene rings is 1. The van der Waals surface area contributed by atoms with Gasteiger partial charge in [-0.1, -0.05) is 38.1 Å². The Morgan fingerprint density at radius 3 is 2.63 bits per heavy atom. The van der Waals surface area contributed by atoms with E-state index >= 15 is 0 Å². The van der Waals surface area contributed by atoms with Crippen molar-refractivity contribution >= 4 is 5.78 Å². The first-order valence-corrected chi connectivity index (χ1v) is 12.8. The van der Waals surface area contributed by atoms with E-state index in [0.29, 0.717) is 5.69 Å². The van der Waals surface area contributed by atoms with Crippen LogP contribution in [0.15, 0.2) is 78.8 Å². The van der Waals surface area contributed by atoms with Gasteiger partial charge in [0.2, 0.25) is 5.70 Å². The number of allylic oxidation sites excluding steroid dienone is 2. The summed E-state index contributed by atoms with van der Waals surface area (Å²) in [6.45, 7) is 11.7. The number of pyridine rings is 2. The van der Waals surface area contributed by atoms with Crippen molar-refractivity contribution in [3.63, 3.8) is 0 Å². The third-order valence-corrected chi connectivity index (χ3v) is 8.13. The van der Waals surface area contributed by atoms with Crippen molar-refractivity contribution in [2.75, 3.05) is 0 Å². The van der Waals surface area contributed by atoms with Crippen molar-refractivity contribution in [1.82, 2.24) is 19.7 Å². The minimum atomic E-state index is -0.527. The van der Waals surface area contributed by atoms with Gasteiger partial charge in [0.1, 0.15) is 5.69 Å². The number of ketones is 1. The van der Waals surface area contributed by atoms with Crippen LogP contribution in [0.4, 0.5) is 0 Å². The van der Waals surface area contributed by atoms with Crippen LogP contribution >= 0.6 is 0 Å². The second kappa shape index (κ2) is 9.16. The Kier molecular flexibility index (Phi) is 5.77. The highest BCUT2D eigenvalue weighted by Crippen LogP contribution is 2.52. The molecule has 3 atom stereocenters. The van der Waals surface area contributed by atoms with E-state index in [9.17, 15) is 9.90 Å². The van der Waals surface area contributed by atoms with Gasteiger partial charge in [-0.25, -0.2) is 9.53 Å². The molecule has 0 bridgehead atoms. The Morgan fingerprint density at radius 2 is 1.92 bits per heavy atom. The summed E-state index contributed by atoms with van der Waals surface area (Å²) in [5, 5.41) is 14.6. The highest BCUT2D eigenvalue weighted by atomic mass is 16.3. The van der Waals surface area contributed by atoms with Gasteiger partial charge in [0, 0.05) is 29.3 Å². The predicted molar refractivity (Wildman–Crippen MR) is 144 cm³/mol. The Bertz CT molecular complexity index is 1610. The van der Waals surface area contributed by atoms with Gasteiger partial charge in [-0.2, -0.15) is 5.10 Å². The number of hydrogen-bond donors (Lipinski definition) is 1. The van der Waals surface area contributed by atoms with E-state index in [0.717, 1.165) is 52.3 Å². The molecule has 3 heterocycles. The monoisotopic (exact) mass is 501 g/mol. The number of carbonyl (C=O) groups is 1. The van der Waals surface area contributed by atoms with Gasteiger partial charge in [0.15, 0.2) is 5.78 Å². The SMILES string of the molecule is [C-]#[N+]C1=C[C@@]2(C)c3c(c(-c4ccccn4)nn3-c3ccc(-c4ccnc(CO)c4)cc3)CC[C@@H]2[C@@H](C)C1=O. The molecule has 3 aromatic heterocycles. The summed E-state index contributed by atoms with van der Waals surface area (Å²) in [6, 6.07) is 17.8. The molecule has 0 fully saturated rings. The average molecular weight is 502 g/mol. The first-order chi connectivity index (χ1) is 18.4. The van der Waals surface area contributed by atoms with E-state index in [1.807, 2.05) is 72.3 Å². The zero-order valence-electron chi connectivity index (χ0n) is 21.3. The molecule has 7 nitrogen and oxygen atoms in total. The molecular weight excluding hydrogens is 474 g/mol. The van der Waals surface area contributed by atoms with Crippen LogP contribution in [0.3, 0.4) is 0 Å². The van der Waals surface area contributed by atoms with Gasteiger partial charge in [0.25, 0.3) is 0 Å². The second-order valence-electron chi connectivity index (χ2n) is 10.3. The van der Waals surface area contributed by atoms with Gasteiger partial charge in [0.05, 0.1) is 35.9 Å². The van der Waals surface area contributed by atoms with Crippen LogP contribution in [0.5, 0.6) is 0 Å². The molecule has 1 N–H and O–H groups in total. The summed E-state index contributed by atoms with van der Waals surface area (Å²) >= 11 is 0. The standard InChI is InChI=1S/C31H27N5O2/c1-19-25-12-11-24-28(26-6-4-5-14-34-26)35-36(30(24)31(25,2)17-27(32-3)29(19)38)23-9-7-20(8-10-23)21-13-15-33-22(16-21)18-37/h4-10,13-17,19,25,37H,11-12,18H2,1-2H3/t19-,25-,31-/m1/s1. The first-order valence-electron chi connectivity index (χ1n) is 12.8. The van der Waals surface area contributed by atoms with Crippen molar-refractivity contribution in [1.29, 1.82) is 0 Å². The third-order valence-electron chi connectivity index (χ3n) is 8.13. The molecule has 0 spiro atoms. The summed E-state index contributed by atoms with van der Waals surface area (Å²) in [5.41, 5.74) is 6.98. The number of aliphatic hydroxyl groups excluding tert-OH is 1. The number of Topliss-reactive ketones (excluding diaryl/α,β-unsaturated/α-hetero) is 1. The van der Waals surface area contributed by atoms with E-state index in [2.05, 4.69) is 21.7 Å². The quantitative estimate of drug-likeness (QED) is 0.382. The van der Waals surface area contributed by atoms with Crippen molar-refractivity contribution in [2.45, 2.75) is 38.7 Å². The first kappa shape index (κ1) is 24.0. The molecular formula is C31H27N5O2. The molecule has 0 unspecified atom stereocenters. The van der Waals surface area contributed by atoms with E-state index in [4.69, 9.17) is 11.7 Å². The smallest absolute Gasteiger partial charge is 0.226 e. The van der Waals surface area contributed by atoms with E-state index < -0.39 is 5.41 Å². The molecule has 0 saturated heterocycles. The van der Waals surface area contributed by atoms with Gasteiger partial charge < -0.3 is 9.90 Å². The zero-order valence-corrected chi connectivity index (χ0v) is 21.3. The fourth-order valence-corrected chi connectivity index (χ4v) is 6.25. The largest absolute Gasteiger partial charge is 0.390 e. The normalized spacial score (nSPS) is 22.3. The molecule has 1 aromatic carbocycles. The third kappa shape index (κ3) is 3.68.